The number of aliphatic hydroxyl groups is 1. The fourth-order valence-electron chi connectivity index (χ4n) is 13.9. The Morgan fingerprint density at radius 1 is 0.339 bits per heavy atom. The number of methoxy groups -OCH3 is 10. The first kappa shape index (κ1) is 104. The van der Waals surface area contributed by atoms with Crippen molar-refractivity contribution in [2.45, 2.75) is 88.5 Å². The Morgan fingerprint density at radius 3 is 0.819 bits per heavy atom. The van der Waals surface area contributed by atoms with Gasteiger partial charge in [-0.25, -0.2) is 47.9 Å². The maximum Gasteiger partial charge on any atom is 0.340 e. The smallest absolute Gasteiger partial charge is 0.340 e. The average molecular weight is 1760 g/mol. The van der Waals surface area contributed by atoms with Gasteiger partial charge < -0.3 is 63.1 Å². The molecule has 127 heavy (non-hydrogen) atoms. The van der Waals surface area contributed by atoms with E-state index in [9.17, 15) is 93.6 Å². The Bertz CT molecular complexity index is 5440. The van der Waals surface area contributed by atoms with Crippen LogP contribution in [-0.4, -0.2) is 183 Å². The number of para-hydroxylation sites is 4. The summed E-state index contributed by atoms with van der Waals surface area (Å²) in [6, 6.07) is 30.4. The molecule has 8 aromatic rings. The normalized spacial score (nSPS) is 11.9. The van der Waals surface area contributed by atoms with E-state index in [1.54, 1.807) is 124 Å². The molecule has 0 saturated heterocycles. The van der Waals surface area contributed by atoms with Gasteiger partial charge in [0.15, 0.2) is 0 Å². The van der Waals surface area contributed by atoms with Crippen LogP contribution < -0.4 is 15.9 Å². The molecule has 3 aromatic heterocycles. The van der Waals surface area contributed by atoms with E-state index in [0.29, 0.717) is 62.5 Å². The number of nitro groups is 3. The lowest BCUT2D eigenvalue weighted by Gasteiger charge is -2.29. The lowest BCUT2D eigenvalue weighted by atomic mass is 9.79. The fraction of sp³-hybridized carbons (Fsp3) is 0.276. The van der Waals surface area contributed by atoms with Crippen LogP contribution in [0.25, 0.3) is 33.4 Å². The molecule has 0 radical (unpaired) electrons. The number of hydrogen-bond acceptors (Lipinski definition) is 37. The highest BCUT2D eigenvalue weighted by Gasteiger charge is 2.43. The van der Waals surface area contributed by atoms with E-state index in [4.69, 9.17) is 52.5 Å². The van der Waals surface area contributed by atoms with Crippen LogP contribution in [0.4, 0.5) is 28.4 Å². The van der Waals surface area contributed by atoms with Gasteiger partial charge in [-0.1, -0.05) is 92.4 Å². The molecule has 10 rings (SSSR count). The molecule has 40 heteroatoms. The number of anilines is 1. The Balaban J connectivity index is 0.000000330. The van der Waals surface area contributed by atoms with Crippen molar-refractivity contribution in [3.63, 3.8) is 0 Å². The molecule has 0 fully saturated rings. The second kappa shape index (κ2) is 47.1. The molecule has 2 aliphatic heterocycles. The van der Waals surface area contributed by atoms with Gasteiger partial charge in [-0.15, -0.1) is 10.1 Å². The molecule has 5 heterocycles. The molecule has 0 bridgehead atoms. The number of aliphatic hydroxyl groups excluding tert-OH is 1. The van der Waals surface area contributed by atoms with Crippen LogP contribution in [0, 0.1) is 76.8 Å². The van der Waals surface area contributed by atoms with E-state index in [-0.39, 0.29) is 136 Å². The van der Waals surface area contributed by atoms with E-state index in [1.165, 1.54) is 138 Å². The molecular formula is C87H94N10O30. The summed E-state index contributed by atoms with van der Waals surface area (Å²) in [5.41, 5.74) is 5.64. The van der Waals surface area contributed by atoms with Crippen molar-refractivity contribution >= 4 is 88.1 Å². The number of nitro benzene ring substituents is 3. The van der Waals surface area contributed by atoms with Crippen molar-refractivity contribution in [3.8, 4) is 33.4 Å². The van der Waals surface area contributed by atoms with Crippen molar-refractivity contribution < 1.29 is 126 Å². The van der Waals surface area contributed by atoms with E-state index in [2.05, 4.69) is 30.8 Å². The maximum atomic E-state index is 12.3. The Labute approximate surface area is 727 Å². The summed E-state index contributed by atoms with van der Waals surface area (Å²) in [5, 5.41) is 69.1. The number of nitrogens with zero attached hydrogens (tertiary/aromatic N) is 8. The quantitative estimate of drug-likeness (QED) is 0.0155. The number of nitrogens with one attached hydrogen (secondary N) is 2. The maximum absolute atomic E-state index is 12.3. The zero-order valence-electron chi connectivity index (χ0n) is 72.1. The largest absolute Gasteiger partial charge is 0.466 e. The number of benzene rings is 5. The summed E-state index contributed by atoms with van der Waals surface area (Å²) in [6.07, 6.45) is 0. The van der Waals surface area contributed by atoms with Gasteiger partial charge in [0.1, 0.15) is 11.4 Å². The van der Waals surface area contributed by atoms with E-state index in [1.807, 2.05) is 0 Å². The van der Waals surface area contributed by atoms with E-state index >= 15 is 0 Å². The number of esters is 10. The highest BCUT2D eigenvalue weighted by atomic mass is 16.8. The van der Waals surface area contributed by atoms with Crippen molar-refractivity contribution in [1.82, 2.24) is 25.6 Å². The third-order valence-corrected chi connectivity index (χ3v) is 19.1. The Hall–Kier alpha value is -15.7. The van der Waals surface area contributed by atoms with Crippen LogP contribution in [0.15, 0.2) is 172 Å². The van der Waals surface area contributed by atoms with Crippen LogP contribution in [0.1, 0.15) is 154 Å². The molecule has 0 saturated carbocycles. The van der Waals surface area contributed by atoms with Gasteiger partial charge >= 0.3 is 59.7 Å². The van der Waals surface area contributed by atoms with Gasteiger partial charge in [0.2, 0.25) is 0 Å². The second-order valence-corrected chi connectivity index (χ2v) is 26.2. The third kappa shape index (κ3) is 23.0. The number of carbonyl (C=O) groups excluding carboxylic acids is 10. The summed E-state index contributed by atoms with van der Waals surface area (Å²) in [6.45, 7) is 16.2. The Morgan fingerprint density at radius 2 is 0.559 bits per heavy atom. The monoisotopic (exact) mass is 1760 g/mol. The SMILES string of the molecule is C.CO.COC(=O)C1=C(C)NC(C)=C(C(=O)OC)C1c1ccccc1[N+](=O)[O-].COC(=O)C1=C(C)NC(C)=C(C(=O)OC)C1c1ccccc1[N+](=O)[O-].COC(=O)c1c(C)nc(C)c(C(=O)OC)c1-c1ccccc1N(O)O.COC(=O)c1c(C)nc(C)c(C(=O)OC)c1-c1ccccc1N=O.COC(=O)c1c(C)nc(C)c(C(=O)OC)c1-c1ccccc1[N+](=O)[O-]. The van der Waals surface area contributed by atoms with Crippen molar-refractivity contribution in [3.05, 3.63) is 280 Å². The lowest BCUT2D eigenvalue weighted by Crippen LogP contribution is -2.32. The molecule has 0 atom stereocenters. The van der Waals surface area contributed by atoms with Crippen molar-refractivity contribution in [2.75, 3.05) is 83.4 Å². The number of carbonyl (C=O) groups is 10. The summed E-state index contributed by atoms with van der Waals surface area (Å²) >= 11 is 0. The first-order chi connectivity index (χ1) is 59.8. The molecular weight excluding hydrogens is 1660 g/mol. The highest BCUT2D eigenvalue weighted by molar-refractivity contribution is 6.11. The zero-order chi connectivity index (χ0) is 94.7. The van der Waals surface area contributed by atoms with Gasteiger partial charge in [-0.3, -0.25) is 55.7 Å². The molecule has 0 spiro atoms. The van der Waals surface area contributed by atoms with Crippen LogP contribution in [0.3, 0.4) is 0 Å². The standard InChI is InChI=1S/3C17H18N2O6.C17H16N2O6.C17H16N2O5.CH4O.CH4/c4*1-9-13(16(20)24-3)15(14(10(2)18-9)17(21)25-4)11-7-5-6-8-12(11)19(22)23;1-9-13(16(20)23-3)15(11-7-5-6-8-12(11)19-22)14(10(2)18-9)17(21)24-4;1-2;/h5-8,22-23H,1-4H3;2*5-8,15,18H,1-4H3;5-8H,1-4H3;5-8H,1-4H3;2H,1H3;1H4. The molecule has 0 amide bonds. The molecule has 0 aliphatic carbocycles. The van der Waals surface area contributed by atoms with Crippen LogP contribution in [-0.2, 0) is 66.5 Å². The summed E-state index contributed by atoms with van der Waals surface area (Å²) in [5.74, 6) is -8.89. The predicted octanol–water partition coefficient (Wildman–Crippen LogP) is 13.3. The van der Waals surface area contributed by atoms with Gasteiger partial charge in [0.25, 0.3) is 17.1 Å². The minimum absolute atomic E-state index is 0. The minimum Gasteiger partial charge on any atom is -0.466 e. The molecule has 40 nitrogen and oxygen atoms in total. The molecule has 2 aliphatic rings. The number of ether oxygens (including phenoxy) is 10. The average Bonchev–Trinajstić information content (AvgIpc) is 0.780. The van der Waals surface area contributed by atoms with E-state index < -0.39 is 86.3 Å². The van der Waals surface area contributed by atoms with Crippen molar-refractivity contribution in [1.29, 1.82) is 0 Å². The second-order valence-electron chi connectivity index (χ2n) is 26.2. The topological polar surface area (TPSA) is 549 Å². The number of nitroso groups, excluding NO2 is 1. The molecule has 5 aromatic carbocycles. The first-order valence-electron chi connectivity index (χ1n) is 36.9. The number of dihydropyridines is 2. The number of aryl methyl sites for hydroxylation is 6. The molecule has 5 N–H and O–H groups in total. The zero-order valence-corrected chi connectivity index (χ0v) is 72.1. The molecule has 0 unspecified atom stereocenters. The first-order valence-corrected chi connectivity index (χ1v) is 36.9. The van der Waals surface area contributed by atoms with Crippen molar-refractivity contribution in [2.24, 2.45) is 5.18 Å². The highest BCUT2D eigenvalue weighted by Crippen LogP contribution is 2.46. The number of pyridine rings is 3. The van der Waals surface area contributed by atoms with Crippen LogP contribution >= 0.6 is 0 Å². The predicted molar refractivity (Wildman–Crippen MR) is 455 cm³/mol. The third-order valence-electron chi connectivity index (χ3n) is 19.1. The lowest BCUT2D eigenvalue weighted by molar-refractivity contribution is -0.385. The number of rotatable bonds is 20. The van der Waals surface area contributed by atoms with Crippen LogP contribution in [0.5, 0.6) is 0 Å². The summed E-state index contributed by atoms with van der Waals surface area (Å²) < 4.78 is 48.2. The fourth-order valence-corrected chi connectivity index (χ4v) is 13.9. The number of allylic oxidation sites excluding steroid dienone is 4. The number of hydrogen-bond donors (Lipinski definition) is 5. The van der Waals surface area contributed by atoms with E-state index in [0.717, 1.165) is 7.11 Å². The minimum atomic E-state index is -0.970. The van der Waals surface area contributed by atoms with Gasteiger partial charge in [-0.05, 0) is 92.6 Å². The summed E-state index contributed by atoms with van der Waals surface area (Å²) in [4.78, 5) is 180. The Kier molecular flexibility index (Phi) is 38.4. The van der Waals surface area contributed by atoms with Crippen LogP contribution in [0.2, 0.25) is 0 Å². The van der Waals surface area contributed by atoms with Gasteiger partial charge in [0.05, 0.1) is 193 Å². The molecule has 672 valence electrons. The van der Waals surface area contributed by atoms with Gasteiger partial charge in [0, 0.05) is 87.0 Å². The van der Waals surface area contributed by atoms with Gasteiger partial charge in [-0.2, -0.15) is 0 Å². The summed E-state index contributed by atoms with van der Waals surface area (Å²) in [7, 11) is 13.1. The number of aromatic nitrogens is 3.